The molecule has 2 aliphatic heterocycles. The number of rotatable bonds is 3. The molecule has 1 amide bonds. The van der Waals surface area contributed by atoms with Gasteiger partial charge in [0.15, 0.2) is 0 Å². The molecule has 2 heterocycles. The van der Waals surface area contributed by atoms with E-state index in [1.165, 1.54) is 4.31 Å². The molecule has 2 aliphatic rings. The minimum absolute atomic E-state index is 0.0551. The smallest absolute Gasteiger partial charge is 0.299 e. The quantitative estimate of drug-likeness (QED) is 0.829. The van der Waals surface area contributed by atoms with Gasteiger partial charge >= 0.3 is 0 Å². The van der Waals surface area contributed by atoms with Gasteiger partial charge in [-0.3, -0.25) is 4.79 Å². The van der Waals surface area contributed by atoms with Crippen molar-refractivity contribution in [2.45, 2.75) is 0 Å². The molecule has 1 saturated heterocycles. The van der Waals surface area contributed by atoms with Crippen LogP contribution in [0.25, 0.3) is 5.57 Å². The van der Waals surface area contributed by atoms with E-state index < -0.39 is 15.9 Å². The molecule has 0 spiro atoms. The Morgan fingerprint density at radius 2 is 1.64 bits per heavy atom. The minimum Gasteiger partial charge on any atom is -0.304 e. The van der Waals surface area contributed by atoms with E-state index in [0.29, 0.717) is 31.7 Å². The summed E-state index contributed by atoms with van der Waals surface area (Å²) in [7, 11) is -1.87. The second-order valence-electron chi connectivity index (χ2n) is 5.26. The molecule has 7 nitrogen and oxygen atoms in total. The van der Waals surface area contributed by atoms with Crippen molar-refractivity contribution in [2.75, 3.05) is 33.2 Å². The summed E-state index contributed by atoms with van der Waals surface area (Å²) in [5.41, 5.74) is 0.574. The fraction of sp³-hybridized carbons (Fsp3) is 0.357. The molecule has 3 rings (SSSR count). The Morgan fingerprint density at radius 3 is 2.27 bits per heavy atom. The molecule has 0 aliphatic carbocycles. The van der Waals surface area contributed by atoms with Crippen molar-refractivity contribution >= 4 is 21.5 Å². The lowest BCUT2D eigenvalue weighted by atomic mass is 10.1. The number of piperazine rings is 1. The maximum Gasteiger partial charge on any atom is 0.299 e. The van der Waals surface area contributed by atoms with Crippen molar-refractivity contribution in [3.05, 3.63) is 40.9 Å². The van der Waals surface area contributed by atoms with Crippen LogP contribution >= 0.6 is 0 Å². The molecule has 1 aromatic carbocycles. The van der Waals surface area contributed by atoms with Crippen molar-refractivity contribution in [2.24, 2.45) is 10.2 Å². The van der Waals surface area contributed by atoms with Gasteiger partial charge in [0.1, 0.15) is 0 Å². The first-order valence-corrected chi connectivity index (χ1v) is 8.38. The zero-order chi connectivity index (χ0) is 15.7. The molecule has 0 N–H and O–H groups in total. The van der Waals surface area contributed by atoms with E-state index in [-0.39, 0.29) is 10.6 Å². The number of carbonyl (C=O) groups is 1. The van der Waals surface area contributed by atoms with Crippen LogP contribution in [0.1, 0.15) is 5.56 Å². The molecule has 0 saturated carbocycles. The van der Waals surface area contributed by atoms with Gasteiger partial charge in [-0.1, -0.05) is 30.3 Å². The van der Waals surface area contributed by atoms with Crippen molar-refractivity contribution in [3.8, 4) is 0 Å². The lowest BCUT2D eigenvalue weighted by Crippen LogP contribution is -2.47. The predicted octanol–water partition coefficient (Wildman–Crippen LogP) is 0.925. The number of azo groups is 1. The highest BCUT2D eigenvalue weighted by Crippen LogP contribution is 2.32. The predicted molar refractivity (Wildman–Crippen MR) is 81.2 cm³/mol. The molecule has 0 unspecified atom stereocenters. The molecule has 0 radical (unpaired) electrons. The van der Waals surface area contributed by atoms with Crippen molar-refractivity contribution < 1.29 is 13.2 Å². The number of amides is 1. The molecule has 22 heavy (non-hydrogen) atoms. The Balaban J connectivity index is 2.02. The third-order valence-corrected chi connectivity index (χ3v) is 5.59. The van der Waals surface area contributed by atoms with Crippen LogP contribution < -0.4 is 0 Å². The van der Waals surface area contributed by atoms with E-state index in [4.69, 9.17) is 0 Å². The Labute approximate surface area is 129 Å². The summed E-state index contributed by atoms with van der Waals surface area (Å²) in [5, 5.41) is 6.86. The van der Waals surface area contributed by atoms with Gasteiger partial charge in [0, 0.05) is 26.2 Å². The first-order chi connectivity index (χ1) is 10.5. The number of nitrogens with zero attached hydrogens (tertiary/aromatic N) is 4. The van der Waals surface area contributed by atoms with Gasteiger partial charge in [-0.25, -0.2) is 8.42 Å². The Hall–Kier alpha value is -1.90. The molecular formula is C14H16N4O3S. The molecular weight excluding hydrogens is 304 g/mol. The van der Waals surface area contributed by atoms with Gasteiger partial charge in [-0.15, -0.1) is 10.2 Å². The van der Waals surface area contributed by atoms with Crippen LogP contribution in [-0.2, 0) is 14.8 Å². The van der Waals surface area contributed by atoms with Crippen LogP contribution in [0.3, 0.4) is 0 Å². The third-order valence-electron chi connectivity index (χ3n) is 3.77. The number of hydrogen-bond donors (Lipinski definition) is 0. The lowest BCUT2D eigenvalue weighted by Gasteiger charge is -2.31. The standard InChI is InChI=1S/C14H16N4O3S/c1-17-7-9-18(10-8-17)22(20,21)14-12(13(19)15-16-14)11-5-3-2-4-6-11/h2-6H,7-10H2,1H3. The van der Waals surface area contributed by atoms with Crippen LogP contribution in [0.2, 0.25) is 0 Å². The summed E-state index contributed by atoms with van der Waals surface area (Å²) >= 11 is 0. The largest absolute Gasteiger partial charge is 0.304 e. The Morgan fingerprint density at radius 1 is 1.00 bits per heavy atom. The highest BCUT2D eigenvalue weighted by molar-refractivity contribution is 7.93. The number of likely N-dealkylation sites (N-methyl/N-ethyl adjacent to an activating group) is 1. The van der Waals surface area contributed by atoms with E-state index >= 15 is 0 Å². The van der Waals surface area contributed by atoms with Crippen LogP contribution in [0.4, 0.5) is 0 Å². The van der Waals surface area contributed by atoms with Crippen LogP contribution in [0.15, 0.2) is 45.6 Å². The topological polar surface area (TPSA) is 82.4 Å². The summed E-state index contributed by atoms with van der Waals surface area (Å²) in [6.45, 7) is 2.07. The zero-order valence-electron chi connectivity index (χ0n) is 12.1. The molecule has 1 fully saturated rings. The molecule has 0 atom stereocenters. The van der Waals surface area contributed by atoms with Gasteiger partial charge < -0.3 is 4.90 Å². The second-order valence-corrected chi connectivity index (χ2v) is 7.11. The van der Waals surface area contributed by atoms with Crippen LogP contribution in [0.5, 0.6) is 0 Å². The fourth-order valence-corrected chi connectivity index (χ4v) is 3.96. The van der Waals surface area contributed by atoms with E-state index in [1.807, 2.05) is 7.05 Å². The zero-order valence-corrected chi connectivity index (χ0v) is 13.0. The number of carbonyl (C=O) groups excluding carboxylic acids is 1. The summed E-state index contributed by atoms with van der Waals surface area (Å²) in [6.07, 6.45) is 0. The van der Waals surface area contributed by atoms with Gasteiger partial charge in [0.25, 0.3) is 15.9 Å². The van der Waals surface area contributed by atoms with Gasteiger partial charge in [0.05, 0.1) is 5.57 Å². The first kappa shape index (κ1) is 15.0. The minimum atomic E-state index is -3.81. The SMILES string of the molecule is CN1CCN(S(=O)(=O)C2=C(c3ccccc3)C(=O)N=N2)CC1. The molecule has 0 aromatic heterocycles. The number of benzene rings is 1. The van der Waals surface area contributed by atoms with Gasteiger partial charge in [-0.05, 0) is 12.6 Å². The molecule has 116 valence electrons. The molecule has 1 aromatic rings. The van der Waals surface area contributed by atoms with E-state index in [2.05, 4.69) is 15.1 Å². The van der Waals surface area contributed by atoms with Crippen molar-refractivity contribution in [1.29, 1.82) is 0 Å². The maximum atomic E-state index is 12.8. The van der Waals surface area contributed by atoms with Gasteiger partial charge in [-0.2, -0.15) is 4.31 Å². The summed E-state index contributed by atoms with van der Waals surface area (Å²) in [4.78, 5) is 14.0. The third kappa shape index (κ3) is 2.60. The van der Waals surface area contributed by atoms with E-state index in [9.17, 15) is 13.2 Å². The average molecular weight is 320 g/mol. The van der Waals surface area contributed by atoms with Crippen LogP contribution in [-0.4, -0.2) is 56.8 Å². The average Bonchev–Trinajstić information content (AvgIpc) is 2.91. The maximum absolute atomic E-state index is 12.8. The van der Waals surface area contributed by atoms with Crippen molar-refractivity contribution in [1.82, 2.24) is 9.21 Å². The normalized spacial score (nSPS) is 20.9. The van der Waals surface area contributed by atoms with Crippen LogP contribution in [0, 0.1) is 0 Å². The Bertz CT molecular complexity index is 748. The number of sulfonamides is 1. The van der Waals surface area contributed by atoms with Gasteiger partial charge in [0.2, 0.25) is 5.03 Å². The van der Waals surface area contributed by atoms with E-state index in [1.54, 1.807) is 30.3 Å². The fourth-order valence-electron chi connectivity index (χ4n) is 2.47. The Kier molecular flexibility index (Phi) is 3.90. The summed E-state index contributed by atoms with van der Waals surface area (Å²) in [5.74, 6) is -0.612. The van der Waals surface area contributed by atoms with Crippen molar-refractivity contribution in [3.63, 3.8) is 0 Å². The molecule has 8 heteroatoms. The lowest BCUT2D eigenvalue weighted by molar-refractivity contribution is -0.112. The second kappa shape index (κ2) is 5.71. The first-order valence-electron chi connectivity index (χ1n) is 6.94. The highest BCUT2D eigenvalue weighted by Gasteiger charge is 2.37. The summed E-state index contributed by atoms with van der Waals surface area (Å²) in [6, 6.07) is 8.65. The van der Waals surface area contributed by atoms with E-state index in [0.717, 1.165) is 0 Å². The highest BCUT2D eigenvalue weighted by atomic mass is 32.2. The monoisotopic (exact) mass is 320 g/mol. The molecule has 0 bridgehead atoms. The summed E-state index contributed by atoms with van der Waals surface area (Å²) < 4.78 is 26.9. The number of hydrogen-bond acceptors (Lipinski definition) is 5.